The first kappa shape index (κ1) is 12.1. The molecule has 0 heterocycles. The summed E-state index contributed by atoms with van der Waals surface area (Å²) in [5.41, 5.74) is 0. The van der Waals surface area contributed by atoms with Gasteiger partial charge in [0.15, 0.2) is 0 Å². The van der Waals surface area contributed by atoms with Crippen molar-refractivity contribution in [2.75, 3.05) is 0 Å². The second-order valence-corrected chi connectivity index (χ2v) is 3.69. The molecule has 0 spiro atoms. The lowest BCUT2D eigenvalue weighted by Crippen LogP contribution is -2.33. The topological polar surface area (TPSA) is 46.2 Å². The predicted octanol–water partition coefficient (Wildman–Crippen LogP) is 1.43. The van der Waals surface area contributed by atoms with Crippen LogP contribution in [-0.2, 0) is 9.59 Å². The third-order valence-electron chi connectivity index (χ3n) is 1.74. The fourth-order valence-corrected chi connectivity index (χ4v) is 1.01. The van der Waals surface area contributed by atoms with E-state index in [0.29, 0.717) is 12.3 Å². The normalized spacial score (nSPS) is 12.6. The molecule has 0 bridgehead atoms. The molecule has 3 nitrogen and oxygen atoms in total. The summed E-state index contributed by atoms with van der Waals surface area (Å²) in [6.45, 7) is 5.87. The molecule has 75 valence electrons. The van der Waals surface area contributed by atoms with Crippen LogP contribution in [0.4, 0.5) is 0 Å². The number of rotatable bonds is 6. The highest BCUT2D eigenvalue weighted by atomic mass is 16.2. The first-order chi connectivity index (χ1) is 6.06. The number of amides is 1. The first-order valence-corrected chi connectivity index (χ1v) is 4.73. The van der Waals surface area contributed by atoms with Crippen LogP contribution in [0, 0.1) is 5.92 Å². The van der Waals surface area contributed by atoms with E-state index in [4.69, 9.17) is 0 Å². The van der Waals surface area contributed by atoms with E-state index in [0.717, 1.165) is 12.8 Å². The smallest absolute Gasteiger partial charge is 0.222 e. The maximum absolute atomic E-state index is 11.1. The number of carbonyl (C=O) groups is 1. The van der Waals surface area contributed by atoms with Crippen LogP contribution in [0.25, 0.3) is 0 Å². The molecule has 1 amide bonds. The molecule has 0 aliphatic heterocycles. The molecule has 0 aromatic rings. The number of nitrogens with one attached hydrogen (secondary N) is 1. The minimum absolute atomic E-state index is 0.0588. The first-order valence-electron chi connectivity index (χ1n) is 4.73. The van der Waals surface area contributed by atoms with Crippen LogP contribution in [0.2, 0.25) is 0 Å². The van der Waals surface area contributed by atoms with Crippen molar-refractivity contribution in [3.05, 3.63) is 0 Å². The molecule has 0 saturated carbocycles. The van der Waals surface area contributed by atoms with E-state index in [1.807, 2.05) is 0 Å². The minimum Gasteiger partial charge on any atom is -0.346 e. The summed E-state index contributed by atoms with van der Waals surface area (Å²) >= 11 is 0. The van der Waals surface area contributed by atoms with Crippen molar-refractivity contribution < 1.29 is 9.59 Å². The van der Waals surface area contributed by atoms with Crippen molar-refractivity contribution in [3.63, 3.8) is 0 Å². The standard InChI is InChI=1S/C10H18NO2/c1-8(2)5-4-6-10(13)11-9(3)7-12/h8-9H,4-6H2,1-3H3,(H,11,13)/t9-/m0/s1. The molecule has 13 heavy (non-hydrogen) atoms. The molecule has 1 atom stereocenters. The Labute approximate surface area is 79.9 Å². The fourth-order valence-electron chi connectivity index (χ4n) is 1.01. The van der Waals surface area contributed by atoms with Crippen molar-refractivity contribution in [2.24, 2.45) is 5.92 Å². The summed E-state index contributed by atoms with van der Waals surface area (Å²) in [5, 5.41) is 2.54. The van der Waals surface area contributed by atoms with Crippen LogP contribution in [0.5, 0.6) is 0 Å². The zero-order valence-electron chi connectivity index (χ0n) is 8.59. The Morgan fingerprint density at radius 3 is 2.46 bits per heavy atom. The van der Waals surface area contributed by atoms with Crippen molar-refractivity contribution in [2.45, 2.75) is 46.1 Å². The van der Waals surface area contributed by atoms with Gasteiger partial charge in [-0.1, -0.05) is 20.3 Å². The molecule has 0 rings (SSSR count). The lowest BCUT2D eigenvalue weighted by molar-refractivity contribution is -0.121. The largest absolute Gasteiger partial charge is 0.346 e. The highest BCUT2D eigenvalue weighted by Gasteiger charge is 2.06. The average molecular weight is 184 g/mol. The summed E-state index contributed by atoms with van der Waals surface area (Å²) in [6.07, 6.45) is 4.15. The Hall–Kier alpha value is -0.860. The fraction of sp³-hybridized carbons (Fsp3) is 0.800. The van der Waals surface area contributed by atoms with Crippen LogP contribution >= 0.6 is 0 Å². The average Bonchev–Trinajstić information content (AvgIpc) is 2.03. The van der Waals surface area contributed by atoms with Crippen molar-refractivity contribution in [1.82, 2.24) is 5.32 Å². The Kier molecular flexibility index (Phi) is 6.20. The lowest BCUT2D eigenvalue weighted by atomic mass is 10.1. The van der Waals surface area contributed by atoms with Gasteiger partial charge in [-0.05, 0) is 19.3 Å². The molecule has 0 aromatic heterocycles. The maximum Gasteiger partial charge on any atom is 0.222 e. The quantitative estimate of drug-likeness (QED) is 0.678. The molecule has 1 N–H and O–H groups in total. The summed E-state index contributed by atoms with van der Waals surface area (Å²) in [4.78, 5) is 21.2. The van der Waals surface area contributed by atoms with Crippen molar-refractivity contribution >= 4 is 12.2 Å². The lowest BCUT2D eigenvalue weighted by Gasteiger charge is -2.07. The van der Waals surface area contributed by atoms with E-state index in [-0.39, 0.29) is 5.91 Å². The molecule has 0 fully saturated rings. The van der Waals surface area contributed by atoms with Gasteiger partial charge in [0.25, 0.3) is 0 Å². The second kappa shape index (κ2) is 6.63. The van der Waals surface area contributed by atoms with Gasteiger partial charge in [0.1, 0.15) is 0 Å². The molecule has 0 aliphatic rings. The van der Waals surface area contributed by atoms with Gasteiger partial charge in [-0.15, -0.1) is 0 Å². The second-order valence-electron chi connectivity index (χ2n) is 3.69. The molecule has 1 radical (unpaired) electrons. The molecular weight excluding hydrogens is 166 g/mol. The van der Waals surface area contributed by atoms with E-state index >= 15 is 0 Å². The highest BCUT2D eigenvalue weighted by Crippen LogP contribution is 2.05. The highest BCUT2D eigenvalue weighted by molar-refractivity contribution is 5.79. The van der Waals surface area contributed by atoms with Gasteiger partial charge >= 0.3 is 0 Å². The van der Waals surface area contributed by atoms with E-state index in [1.54, 1.807) is 13.2 Å². The monoisotopic (exact) mass is 184 g/mol. The maximum atomic E-state index is 11.1. The van der Waals surface area contributed by atoms with E-state index < -0.39 is 6.04 Å². The molecule has 0 aliphatic carbocycles. The van der Waals surface area contributed by atoms with E-state index in [1.165, 1.54) is 0 Å². The van der Waals surface area contributed by atoms with Gasteiger partial charge in [-0.3, -0.25) is 9.59 Å². The van der Waals surface area contributed by atoms with Crippen LogP contribution < -0.4 is 5.32 Å². The van der Waals surface area contributed by atoms with Gasteiger partial charge in [-0.25, -0.2) is 0 Å². The van der Waals surface area contributed by atoms with Crippen LogP contribution in [-0.4, -0.2) is 18.2 Å². The Morgan fingerprint density at radius 1 is 1.38 bits per heavy atom. The van der Waals surface area contributed by atoms with Gasteiger partial charge < -0.3 is 5.32 Å². The molecular formula is C10H18NO2. The Bertz CT molecular complexity index is 166. The van der Waals surface area contributed by atoms with Gasteiger partial charge in [0.05, 0.1) is 6.04 Å². The molecule has 0 aromatic carbocycles. The van der Waals surface area contributed by atoms with Crippen LogP contribution in [0.15, 0.2) is 0 Å². The molecule has 0 unspecified atom stereocenters. The zero-order valence-corrected chi connectivity index (χ0v) is 8.59. The summed E-state index contributed by atoms with van der Waals surface area (Å²) < 4.78 is 0. The summed E-state index contributed by atoms with van der Waals surface area (Å²) in [7, 11) is 0. The summed E-state index contributed by atoms with van der Waals surface area (Å²) in [6, 6.07) is -0.480. The van der Waals surface area contributed by atoms with Gasteiger partial charge in [-0.2, -0.15) is 0 Å². The van der Waals surface area contributed by atoms with Crippen LogP contribution in [0.3, 0.4) is 0 Å². The summed E-state index contributed by atoms with van der Waals surface area (Å²) in [5.74, 6) is 0.569. The Morgan fingerprint density at radius 2 is 2.00 bits per heavy atom. The number of carbonyl (C=O) groups excluding carboxylic acids is 2. The van der Waals surface area contributed by atoms with Crippen LogP contribution in [0.1, 0.15) is 40.0 Å². The van der Waals surface area contributed by atoms with Crippen molar-refractivity contribution in [3.8, 4) is 0 Å². The van der Waals surface area contributed by atoms with Gasteiger partial charge in [0, 0.05) is 6.42 Å². The van der Waals surface area contributed by atoms with Gasteiger partial charge in [0.2, 0.25) is 12.2 Å². The Balaban J connectivity index is 3.46. The number of hydrogen-bond donors (Lipinski definition) is 1. The zero-order chi connectivity index (χ0) is 10.3. The SMILES string of the molecule is CC(C)CCCC(=O)N[C@@H](C)[C]=O. The molecule has 0 saturated heterocycles. The minimum atomic E-state index is -0.480. The third kappa shape index (κ3) is 7.50. The molecule has 3 heteroatoms. The van der Waals surface area contributed by atoms with E-state index in [9.17, 15) is 9.59 Å². The predicted molar refractivity (Wildman–Crippen MR) is 52.0 cm³/mol. The third-order valence-corrected chi connectivity index (χ3v) is 1.74. The van der Waals surface area contributed by atoms with E-state index in [2.05, 4.69) is 19.2 Å². The number of hydrogen-bond acceptors (Lipinski definition) is 2. The van der Waals surface area contributed by atoms with Crippen molar-refractivity contribution in [1.29, 1.82) is 0 Å².